The first-order valence-corrected chi connectivity index (χ1v) is 11.0. The van der Waals surface area contributed by atoms with Crippen LogP contribution in [0.15, 0.2) is 35.2 Å². The van der Waals surface area contributed by atoms with Gasteiger partial charge in [0, 0.05) is 42.0 Å². The summed E-state index contributed by atoms with van der Waals surface area (Å²) in [4.78, 5) is 11.9. The molecule has 32 heavy (non-hydrogen) atoms. The van der Waals surface area contributed by atoms with E-state index in [2.05, 4.69) is 5.32 Å². The summed E-state index contributed by atoms with van der Waals surface area (Å²) in [6.45, 7) is -1.95. The molecular formula is C20H19F5N2O4S. The normalized spacial score (nSPS) is 20.1. The SMILES string of the molecule is O=C(Nc1cc(F)c(F)c(F)c1)c1ccc(CF)c(S(=O)(=O)N2CCC[C@H](O)[C@@H](F)C2)c1. The molecule has 0 unspecified atom stereocenters. The fourth-order valence-electron chi connectivity index (χ4n) is 3.30. The highest BCUT2D eigenvalue weighted by atomic mass is 32.2. The van der Waals surface area contributed by atoms with Crippen molar-refractivity contribution in [3.8, 4) is 0 Å². The Morgan fingerprint density at radius 3 is 2.44 bits per heavy atom. The summed E-state index contributed by atoms with van der Waals surface area (Å²) in [6, 6.07) is 4.09. The zero-order valence-corrected chi connectivity index (χ0v) is 17.3. The second kappa shape index (κ2) is 9.51. The van der Waals surface area contributed by atoms with Gasteiger partial charge in [-0.15, -0.1) is 0 Å². The Balaban J connectivity index is 1.93. The van der Waals surface area contributed by atoms with E-state index in [0.29, 0.717) is 12.1 Å². The van der Waals surface area contributed by atoms with Crippen molar-refractivity contribution in [2.24, 2.45) is 0 Å². The van der Waals surface area contributed by atoms with Crippen molar-refractivity contribution < 1.29 is 40.3 Å². The lowest BCUT2D eigenvalue weighted by Crippen LogP contribution is -2.38. The molecule has 174 valence electrons. The van der Waals surface area contributed by atoms with Crippen LogP contribution in [-0.4, -0.2) is 49.1 Å². The Bertz CT molecular complexity index is 1110. The van der Waals surface area contributed by atoms with Crippen LogP contribution in [0.1, 0.15) is 28.8 Å². The number of nitrogens with one attached hydrogen (secondary N) is 1. The molecule has 0 bridgehead atoms. The fraction of sp³-hybridized carbons (Fsp3) is 0.350. The monoisotopic (exact) mass is 478 g/mol. The topological polar surface area (TPSA) is 86.7 Å². The van der Waals surface area contributed by atoms with Gasteiger partial charge in [0.2, 0.25) is 10.0 Å². The molecule has 2 atom stereocenters. The number of anilines is 1. The van der Waals surface area contributed by atoms with Gasteiger partial charge in [-0.3, -0.25) is 4.79 Å². The van der Waals surface area contributed by atoms with Crippen molar-refractivity contribution in [2.75, 3.05) is 18.4 Å². The standard InChI is InChI=1S/C20H19F5N2O4S/c21-9-12-4-3-11(20(29)26-13-7-14(22)19(25)15(23)8-13)6-18(12)32(30,31)27-5-1-2-17(28)16(24)10-27/h3-4,6-8,16-17,28H,1-2,5,9-10H2,(H,26,29)/t16-,17-/m0/s1. The van der Waals surface area contributed by atoms with Crippen molar-refractivity contribution >= 4 is 21.6 Å². The van der Waals surface area contributed by atoms with Crippen molar-refractivity contribution in [1.82, 2.24) is 4.31 Å². The zero-order valence-electron chi connectivity index (χ0n) is 16.5. The molecule has 1 amide bonds. The first-order chi connectivity index (χ1) is 15.0. The van der Waals surface area contributed by atoms with Gasteiger partial charge < -0.3 is 10.4 Å². The molecule has 3 rings (SSSR count). The number of benzene rings is 2. The van der Waals surface area contributed by atoms with Crippen LogP contribution in [0.5, 0.6) is 0 Å². The van der Waals surface area contributed by atoms with Crippen LogP contribution >= 0.6 is 0 Å². The van der Waals surface area contributed by atoms with Crippen LogP contribution in [0.3, 0.4) is 0 Å². The first-order valence-electron chi connectivity index (χ1n) is 9.51. The van der Waals surface area contributed by atoms with E-state index in [-0.39, 0.29) is 30.5 Å². The van der Waals surface area contributed by atoms with Crippen LogP contribution in [0.2, 0.25) is 0 Å². The Morgan fingerprint density at radius 2 is 1.81 bits per heavy atom. The number of hydrogen-bond acceptors (Lipinski definition) is 4. The predicted molar refractivity (Wildman–Crippen MR) is 104 cm³/mol. The molecule has 2 aromatic rings. The smallest absolute Gasteiger partial charge is 0.255 e. The minimum absolute atomic E-state index is 0.0520. The molecule has 1 saturated heterocycles. The summed E-state index contributed by atoms with van der Waals surface area (Å²) in [5.74, 6) is -5.80. The molecule has 2 aromatic carbocycles. The average Bonchev–Trinajstić information content (AvgIpc) is 2.92. The van der Waals surface area contributed by atoms with Crippen molar-refractivity contribution in [3.05, 3.63) is 58.9 Å². The van der Waals surface area contributed by atoms with Gasteiger partial charge in [-0.05, 0) is 25.0 Å². The summed E-state index contributed by atoms with van der Waals surface area (Å²) in [6.07, 6.45) is -2.94. The third kappa shape index (κ3) is 4.92. The number of alkyl halides is 2. The second-order valence-corrected chi connectivity index (χ2v) is 9.16. The van der Waals surface area contributed by atoms with Crippen LogP contribution in [-0.2, 0) is 16.7 Å². The Labute approximate surface area is 180 Å². The molecule has 2 N–H and O–H groups in total. The van der Waals surface area contributed by atoms with E-state index in [9.17, 15) is 40.3 Å². The maximum absolute atomic E-state index is 14.1. The first kappa shape index (κ1) is 24.1. The van der Waals surface area contributed by atoms with E-state index >= 15 is 0 Å². The molecule has 12 heteroatoms. The third-order valence-electron chi connectivity index (χ3n) is 5.04. The van der Waals surface area contributed by atoms with Crippen molar-refractivity contribution in [2.45, 2.75) is 36.7 Å². The molecule has 1 heterocycles. The number of amides is 1. The minimum atomic E-state index is -4.44. The Hall–Kier alpha value is -2.57. The number of aliphatic hydroxyl groups excluding tert-OH is 1. The number of sulfonamides is 1. The van der Waals surface area contributed by atoms with Crippen LogP contribution < -0.4 is 5.32 Å². The number of hydrogen-bond donors (Lipinski definition) is 2. The van der Waals surface area contributed by atoms with E-state index < -0.39 is 69.5 Å². The molecule has 1 aliphatic heterocycles. The summed E-state index contributed by atoms with van der Waals surface area (Å²) in [5.41, 5.74) is -0.995. The number of carbonyl (C=O) groups is 1. The molecule has 6 nitrogen and oxygen atoms in total. The lowest BCUT2D eigenvalue weighted by molar-refractivity contribution is 0.0732. The van der Waals surface area contributed by atoms with Gasteiger partial charge in [0.1, 0.15) is 12.8 Å². The van der Waals surface area contributed by atoms with Gasteiger partial charge in [-0.25, -0.2) is 30.4 Å². The Morgan fingerprint density at radius 1 is 1.16 bits per heavy atom. The second-order valence-electron chi connectivity index (χ2n) is 7.25. The number of nitrogens with zero attached hydrogens (tertiary/aromatic N) is 1. The molecule has 0 spiro atoms. The number of carbonyl (C=O) groups excluding carboxylic acids is 1. The molecule has 1 aliphatic rings. The van der Waals surface area contributed by atoms with Gasteiger partial charge in [-0.2, -0.15) is 4.31 Å². The van der Waals surface area contributed by atoms with Gasteiger partial charge in [0.25, 0.3) is 5.91 Å². The van der Waals surface area contributed by atoms with Crippen LogP contribution in [0, 0.1) is 17.5 Å². The summed E-state index contributed by atoms with van der Waals surface area (Å²) < 4.78 is 94.3. The van der Waals surface area contributed by atoms with E-state index in [4.69, 9.17) is 0 Å². The van der Waals surface area contributed by atoms with E-state index in [1.165, 1.54) is 0 Å². The highest BCUT2D eigenvalue weighted by Crippen LogP contribution is 2.27. The number of rotatable bonds is 5. The minimum Gasteiger partial charge on any atom is -0.390 e. The molecule has 0 aliphatic carbocycles. The molecule has 1 fully saturated rings. The summed E-state index contributed by atoms with van der Waals surface area (Å²) >= 11 is 0. The average molecular weight is 478 g/mol. The fourth-order valence-corrected chi connectivity index (χ4v) is 5.02. The summed E-state index contributed by atoms with van der Waals surface area (Å²) in [5, 5.41) is 11.7. The third-order valence-corrected chi connectivity index (χ3v) is 6.98. The highest BCUT2D eigenvalue weighted by molar-refractivity contribution is 7.89. The van der Waals surface area contributed by atoms with E-state index in [1.54, 1.807) is 0 Å². The number of aliphatic hydroxyl groups is 1. The van der Waals surface area contributed by atoms with Gasteiger partial charge >= 0.3 is 0 Å². The van der Waals surface area contributed by atoms with E-state index in [0.717, 1.165) is 22.5 Å². The van der Waals surface area contributed by atoms with Crippen LogP contribution in [0.25, 0.3) is 0 Å². The lowest BCUT2D eigenvalue weighted by atomic mass is 10.1. The quantitative estimate of drug-likeness (QED) is 0.510. The summed E-state index contributed by atoms with van der Waals surface area (Å²) in [7, 11) is -4.44. The molecule has 0 aromatic heterocycles. The lowest BCUT2D eigenvalue weighted by Gasteiger charge is -2.23. The van der Waals surface area contributed by atoms with Gasteiger partial charge in [0.15, 0.2) is 17.5 Å². The predicted octanol–water partition coefficient (Wildman–Crippen LogP) is 3.31. The largest absolute Gasteiger partial charge is 0.390 e. The van der Waals surface area contributed by atoms with Gasteiger partial charge in [0.05, 0.1) is 11.0 Å². The zero-order chi connectivity index (χ0) is 23.6. The van der Waals surface area contributed by atoms with Gasteiger partial charge in [-0.1, -0.05) is 6.07 Å². The molecular weight excluding hydrogens is 459 g/mol. The Kier molecular flexibility index (Phi) is 7.16. The molecule has 0 saturated carbocycles. The highest BCUT2D eigenvalue weighted by Gasteiger charge is 2.34. The number of halogens is 5. The maximum Gasteiger partial charge on any atom is 0.255 e. The van der Waals surface area contributed by atoms with Crippen molar-refractivity contribution in [1.29, 1.82) is 0 Å². The van der Waals surface area contributed by atoms with Crippen LogP contribution in [0.4, 0.5) is 27.6 Å². The van der Waals surface area contributed by atoms with Crippen molar-refractivity contribution in [3.63, 3.8) is 0 Å². The van der Waals surface area contributed by atoms with E-state index in [1.807, 2.05) is 0 Å². The maximum atomic E-state index is 14.1. The molecule has 0 radical (unpaired) electrons.